The number of hydrogen-bond donors (Lipinski definition) is 0. The summed E-state index contributed by atoms with van der Waals surface area (Å²) in [7, 11) is 0. The molecule has 1 aliphatic rings. The van der Waals surface area contributed by atoms with E-state index < -0.39 is 0 Å². The van der Waals surface area contributed by atoms with Crippen LogP contribution in [0.2, 0.25) is 0 Å². The summed E-state index contributed by atoms with van der Waals surface area (Å²) in [6, 6.07) is 8.78. The highest BCUT2D eigenvalue weighted by Gasteiger charge is 2.21. The molecule has 2 aromatic carbocycles. The Morgan fingerprint density at radius 1 is 0.870 bits per heavy atom. The van der Waals surface area contributed by atoms with Crippen molar-refractivity contribution in [1.29, 1.82) is 0 Å². The van der Waals surface area contributed by atoms with Crippen molar-refractivity contribution in [3.05, 3.63) is 58.7 Å². The fraction of sp³-hybridized carbons (Fsp3) is 0.429. The van der Waals surface area contributed by atoms with Gasteiger partial charge in [0.2, 0.25) is 0 Å². The smallest absolute Gasteiger partial charge is 0.131 e. The van der Waals surface area contributed by atoms with E-state index in [1.165, 1.54) is 18.9 Å². The predicted molar refractivity (Wildman–Crippen MR) is 91.6 cm³/mol. The first-order chi connectivity index (χ1) is 11.0. The van der Waals surface area contributed by atoms with Gasteiger partial charge in [0.1, 0.15) is 11.6 Å². The molecule has 1 saturated carbocycles. The minimum Gasteiger partial charge on any atom is -0.207 e. The molecule has 0 aromatic heterocycles. The summed E-state index contributed by atoms with van der Waals surface area (Å²) in [4.78, 5) is 0. The van der Waals surface area contributed by atoms with Crippen LogP contribution in [0.1, 0.15) is 55.2 Å². The van der Waals surface area contributed by atoms with Crippen molar-refractivity contribution in [3.63, 3.8) is 0 Å². The van der Waals surface area contributed by atoms with Gasteiger partial charge in [0.05, 0.1) is 0 Å². The molecule has 2 aromatic rings. The molecule has 0 saturated heterocycles. The van der Waals surface area contributed by atoms with Crippen LogP contribution in [-0.2, 0) is 0 Å². The van der Waals surface area contributed by atoms with Crippen molar-refractivity contribution in [2.24, 2.45) is 5.92 Å². The van der Waals surface area contributed by atoms with E-state index in [1.54, 1.807) is 13.0 Å². The zero-order chi connectivity index (χ0) is 16.6. The highest BCUT2D eigenvalue weighted by Crippen LogP contribution is 2.37. The second-order valence-corrected chi connectivity index (χ2v) is 7.10. The van der Waals surface area contributed by atoms with Crippen molar-refractivity contribution in [1.82, 2.24) is 0 Å². The molecule has 122 valence electrons. The Bertz CT molecular complexity index is 687. The summed E-state index contributed by atoms with van der Waals surface area (Å²) in [6.07, 6.45) is 4.71. The van der Waals surface area contributed by atoms with Gasteiger partial charge in [-0.1, -0.05) is 38.0 Å². The monoisotopic (exact) mass is 314 g/mol. The number of benzene rings is 2. The van der Waals surface area contributed by atoms with Gasteiger partial charge in [-0.15, -0.1) is 0 Å². The fourth-order valence-corrected chi connectivity index (χ4v) is 3.58. The molecular weight excluding hydrogens is 290 g/mol. The molecule has 2 heteroatoms. The number of aryl methyl sites for hydroxylation is 1. The lowest BCUT2D eigenvalue weighted by molar-refractivity contribution is 0.347. The number of halogens is 2. The summed E-state index contributed by atoms with van der Waals surface area (Å²) in [5.41, 5.74) is 3.67. The second kappa shape index (κ2) is 6.43. The first-order valence-electron chi connectivity index (χ1n) is 8.52. The third kappa shape index (κ3) is 3.31. The molecule has 0 heterocycles. The quantitative estimate of drug-likeness (QED) is 0.590. The molecule has 0 aliphatic heterocycles. The van der Waals surface area contributed by atoms with Gasteiger partial charge < -0.3 is 0 Å². The van der Waals surface area contributed by atoms with E-state index in [0.29, 0.717) is 22.6 Å². The normalized spacial score (nSPS) is 21.4. The summed E-state index contributed by atoms with van der Waals surface area (Å²) in [5, 5.41) is 0. The molecule has 23 heavy (non-hydrogen) atoms. The van der Waals surface area contributed by atoms with Crippen LogP contribution in [0.5, 0.6) is 0 Å². The molecule has 3 rings (SSSR count). The Balaban J connectivity index is 1.91. The van der Waals surface area contributed by atoms with Crippen LogP contribution in [0, 0.1) is 31.4 Å². The average Bonchev–Trinajstić information content (AvgIpc) is 2.53. The Kier molecular flexibility index (Phi) is 4.52. The minimum atomic E-state index is -0.273. The lowest BCUT2D eigenvalue weighted by Crippen LogP contribution is -2.11. The summed E-state index contributed by atoms with van der Waals surface area (Å²) < 4.78 is 28.6. The minimum absolute atomic E-state index is 0.247. The lowest BCUT2D eigenvalue weighted by Gasteiger charge is -2.26. The summed E-state index contributed by atoms with van der Waals surface area (Å²) >= 11 is 0. The van der Waals surface area contributed by atoms with Crippen LogP contribution in [0.4, 0.5) is 8.78 Å². The van der Waals surface area contributed by atoms with Crippen LogP contribution < -0.4 is 0 Å². The maximum absolute atomic E-state index is 14.6. The van der Waals surface area contributed by atoms with Crippen LogP contribution in [0.15, 0.2) is 30.3 Å². The first-order valence-corrected chi connectivity index (χ1v) is 8.52. The fourth-order valence-electron chi connectivity index (χ4n) is 3.58. The van der Waals surface area contributed by atoms with E-state index in [2.05, 4.69) is 6.92 Å². The summed E-state index contributed by atoms with van der Waals surface area (Å²) in [5.74, 6) is 0.730. The molecule has 1 fully saturated rings. The van der Waals surface area contributed by atoms with Gasteiger partial charge >= 0.3 is 0 Å². The molecule has 0 bridgehead atoms. The first kappa shape index (κ1) is 16.2. The van der Waals surface area contributed by atoms with Crippen molar-refractivity contribution < 1.29 is 8.78 Å². The highest BCUT2D eigenvalue weighted by atomic mass is 19.1. The van der Waals surface area contributed by atoms with Gasteiger partial charge in [0, 0.05) is 5.56 Å². The van der Waals surface area contributed by atoms with E-state index >= 15 is 0 Å². The van der Waals surface area contributed by atoms with Gasteiger partial charge in [0.25, 0.3) is 0 Å². The largest absolute Gasteiger partial charge is 0.207 e. The molecule has 0 N–H and O–H groups in total. The predicted octanol–water partition coefficient (Wildman–Crippen LogP) is 6.54. The van der Waals surface area contributed by atoms with Crippen molar-refractivity contribution >= 4 is 0 Å². The van der Waals surface area contributed by atoms with Crippen LogP contribution in [-0.4, -0.2) is 0 Å². The molecule has 0 radical (unpaired) electrons. The molecule has 0 spiro atoms. The zero-order valence-electron chi connectivity index (χ0n) is 14.1. The number of hydrogen-bond acceptors (Lipinski definition) is 0. The molecule has 0 unspecified atom stereocenters. The maximum Gasteiger partial charge on any atom is 0.131 e. The SMILES string of the molecule is Cc1cc(-c2ccc(C3CCC(C)CC3)cc2F)cc(F)c1C. The second-order valence-electron chi connectivity index (χ2n) is 7.10. The van der Waals surface area contributed by atoms with Gasteiger partial charge in [-0.25, -0.2) is 8.78 Å². The third-order valence-electron chi connectivity index (χ3n) is 5.40. The lowest BCUT2D eigenvalue weighted by atomic mass is 9.79. The average molecular weight is 314 g/mol. The van der Waals surface area contributed by atoms with Crippen molar-refractivity contribution in [2.45, 2.75) is 52.4 Å². The zero-order valence-corrected chi connectivity index (χ0v) is 14.1. The van der Waals surface area contributed by atoms with Gasteiger partial charge in [-0.2, -0.15) is 0 Å². The van der Waals surface area contributed by atoms with E-state index in [1.807, 2.05) is 25.1 Å². The van der Waals surface area contributed by atoms with E-state index in [0.717, 1.165) is 29.9 Å². The van der Waals surface area contributed by atoms with Crippen molar-refractivity contribution in [2.75, 3.05) is 0 Å². The van der Waals surface area contributed by atoms with Crippen LogP contribution in [0.3, 0.4) is 0 Å². The molecule has 0 atom stereocenters. The number of rotatable bonds is 2. The third-order valence-corrected chi connectivity index (χ3v) is 5.40. The van der Waals surface area contributed by atoms with E-state index in [9.17, 15) is 8.78 Å². The standard InChI is InChI=1S/C21H24F2/c1-13-4-6-16(7-5-13)17-8-9-19(21(23)11-17)18-10-14(2)15(3)20(22)12-18/h8-13,16H,4-7H2,1-3H3. The van der Waals surface area contributed by atoms with E-state index in [-0.39, 0.29) is 11.6 Å². The van der Waals surface area contributed by atoms with Gasteiger partial charge in [0.15, 0.2) is 0 Å². The van der Waals surface area contributed by atoms with Gasteiger partial charge in [-0.05, 0) is 72.9 Å². The van der Waals surface area contributed by atoms with Crippen LogP contribution in [0.25, 0.3) is 11.1 Å². The van der Waals surface area contributed by atoms with Crippen molar-refractivity contribution in [3.8, 4) is 11.1 Å². The maximum atomic E-state index is 14.6. The summed E-state index contributed by atoms with van der Waals surface area (Å²) in [6.45, 7) is 5.89. The molecule has 0 nitrogen and oxygen atoms in total. The van der Waals surface area contributed by atoms with E-state index in [4.69, 9.17) is 0 Å². The Morgan fingerprint density at radius 2 is 1.57 bits per heavy atom. The van der Waals surface area contributed by atoms with Gasteiger partial charge in [-0.3, -0.25) is 0 Å². The Labute approximate surface area is 137 Å². The Morgan fingerprint density at radius 3 is 2.17 bits per heavy atom. The van der Waals surface area contributed by atoms with Crippen LogP contribution >= 0.6 is 0 Å². The molecule has 1 aliphatic carbocycles. The molecule has 0 amide bonds. The highest BCUT2D eigenvalue weighted by molar-refractivity contribution is 5.66. The molecular formula is C21H24F2. The Hall–Kier alpha value is -1.70. The topological polar surface area (TPSA) is 0 Å².